The van der Waals surface area contributed by atoms with Crippen LogP contribution in [-0.4, -0.2) is 47.4 Å². The molecule has 0 aliphatic heterocycles. The van der Waals surface area contributed by atoms with Crippen molar-refractivity contribution >= 4 is 11.9 Å². The van der Waals surface area contributed by atoms with Crippen molar-refractivity contribution in [1.29, 1.82) is 0 Å². The molecule has 6 heteroatoms. The summed E-state index contributed by atoms with van der Waals surface area (Å²) in [6.07, 6.45) is 73.7. The van der Waals surface area contributed by atoms with Crippen molar-refractivity contribution in [3.63, 3.8) is 0 Å². The quantitative estimate of drug-likeness (QED) is 0.0320. The van der Waals surface area contributed by atoms with Crippen LogP contribution >= 0.6 is 0 Å². The predicted octanol–water partition coefficient (Wildman–Crippen LogP) is 20.4. The van der Waals surface area contributed by atoms with Crippen LogP contribution in [0.2, 0.25) is 0 Å². The number of rotatable bonds is 61. The van der Waals surface area contributed by atoms with Gasteiger partial charge in [-0.15, -0.1) is 0 Å². The van der Waals surface area contributed by atoms with Crippen LogP contribution in [0.5, 0.6) is 0 Å². The molecular weight excluding hydrogens is 875 g/mol. The van der Waals surface area contributed by atoms with Crippen molar-refractivity contribution in [1.82, 2.24) is 5.32 Å². The lowest BCUT2D eigenvalue weighted by Crippen LogP contribution is -2.45. The molecule has 422 valence electrons. The molecule has 2 unspecified atom stereocenters. The lowest BCUT2D eigenvalue weighted by atomic mass is 10.0. The van der Waals surface area contributed by atoms with E-state index in [1.165, 1.54) is 295 Å². The van der Waals surface area contributed by atoms with Gasteiger partial charge in [0.1, 0.15) is 0 Å². The normalized spacial score (nSPS) is 12.6. The highest BCUT2D eigenvalue weighted by atomic mass is 16.5. The molecule has 0 saturated carbocycles. The van der Waals surface area contributed by atoms with E-state index in [0.717, 1.165) is 38.5 Å². The smallest absolute Gasteiger partial charge is 0.305 e. The third kappa shape index (κ3) is 57.7. The number of amides is 1. The molecular formula is C65H127NO5. The number of hydrogen-bond donors (Lipinski definition) is 3. The van der Waals surface area contributed by atoms with Gasteiger partial charge in [-0.2, -0.15) is 0 Å². The van der Waals surface area contributed by atoms with E-state index in [1.54, 1.807) is 0 Å². The van der Waals surface area contributed by atoms with E-state index >= 15 is 0 Å². The minimum Gasteiger partial charge on any atom is -0.466 e. The second-order valence-corrected chi connectivity index (χ2v) is 22.5. The van der Waals surface area contributed by atoms with Gasteiger partial charge in [-0.05, 0) is 51.4 Å². The maximum atomic E-state index is 12.5. The van der Waals surface area contributed by atoms with Crippen LogP contribution in [0.4, 0.5) is 0 Å². The van der Waals surface area contributed by atoms with Crippen molar-refractivity contribution in [2.75, 3.05) is 13.2 Å². The maximum absolute atomic E-state index is 12.5. The largest absolute Gasteiger partial charge is 0.466 e. The average Bonchev–Trinajstić information content (AvgIpc) is 3.37. The second-order valence-electron chi connectivity index (χ2n) is 22.5. The molecule has 0 aliphatic rings. The fourth-order valence-corrected chi connectivity index (χ4v) is 10.3. The summed E-state index contributed by atoms with van der Waals surface area (Å²) in [7, 11) is 0. The van der Waals surface area contributed by atoms with Gasteiger partial charge >= 0.3 is 5.97 Å². The van der Waals surface area contributed by atoms with E-state index < -0.39 is 12.1 Å². The third-order valence-corrected chi connectivity index (χ3v) is 15.3. The van der Waals surface area contributed by atoms with Gasteiger partial charge in [0, 0.05) is 12.8 Å². The topological polar surface area (TPSA) is 95.9 Å². The highest BCUT2D eigenvalue weighted by molar-refractivity contribution is 5.76. The summed E-state index contributed by atoms with van der Waals surface area (Å²) in [5, 5.41) is 23.4. The highest BCUT2D eigenvalue weighted by Crippen LogP contribution is 2.18. The van der Waals surface area contributed by atoms with Crippen molar-refractivity contribution in [3.8, 4) is 0 Å². The summed E-state index contributed by atoms with van der Waals surface area (Å²) >= 11 is 0. The monoisotopic (exact) mass is 1000 g/mol. The number of nitrogens with one attached hydrogen (secondary N) is 1. The van der Waals surface area contributed by atoms with Gasteiger partial charge in [0.15, 0.2) is 0 Å². The first kappa shape index (κ1) is 69.6. The standard InChI is InChI=1S/C65H127NO5/c1-3-5-7-9-11-13-15-17-19-20-21-24-27-30-33-37-41-45-49-53-57-63(68)62(61-67)66-64(69)58-54-50-46-42-38-34-31-28-25-22-23-26-29-32-36-40-44-48-52-56-60-71-65(70)59-55-51-47-43-39-35-18-16-14-12-10-8-6-4-2/h22,25,62-63,67-68H,3-21,23-24,26-61H2,1-2H3,(H,66,69)/b25-22-. The van der Waals surface area contributed by atoms with Crippen molar-refractivity contribution in [2.24, 2.45) is 0 Å². The van der Waals surface area contributed by atoms with Crippen molar-refractivity contribution in [2.45, 2.75) is 379 Å². The van der Waals surface area contributed by atoms with Gasteiger partial charge in [-0.3, -0.25) is 9.59 Å². The molecule has 0 saturated heterocycles. The number of carbonyl (C=O) groups excluding carboxylic acids is 2. The van der Waals surface area contributed by atoms with Crippen molar-refractivity contribution < 1.29 is 24.5 Å². The Morgan fingerprint density at radius 2 is 0.662 bits per heavy atom. The summed E-state index contributed by atoms with van der Waals surface area (Å²) in [5.74, 6) is -0.0301. The minimum absolute atomic E-state index is 0.00950. The Bertz CT molecular complexity index is 1060. The number of aliphatic hydroxyl groups is 2. The Labute approximate surface area is 444 Å². The van der Waals surface area contributed by atoms with Gasteiger partial charge in [-0.1, -0.05) is 315 Å². The number of aliphatic hydroxyl groups excluding tert-OH is 2. The van der Waals surface area contributed by atoms with E-state index in [1.807, 2.05) is 0 Å². The number of esters is 1. The van der Waals surface area contributed by atoms with Crippen LogP contribution in [0.3, 0.4) is 0 Å². The minimum atomic E-state index is -0.670. The average molecular weight is 1000 g/mol. The zero-order chi connectivity index (χ0) is 51.4. The Balaban J connectivity index is 3.42. The SMILES string of the molecule is CCCCCCCCCCCCCCCCCCCCCCC(O)C(CO)NC(=O)CCCCCCCCC/C=C\CCCCCCCCCCCOC(=O)CCCCCCCCCCCCCCCC. The molecule has 0 aliphatic carbocycles. The zero-order valence-electron chi connectivity index (χ0n) is 48.2. The first-order valence-electron chi connectivity index (χ1n) is 32.4. The van der Waals surface area contributed by atoms with E-state index in [4.69, 9.17) is 4.74 Å². The third-order valence-electron chi connectivity index (χ3n) is 15.3. The molecule has 0 heterocycles. The van der Waals surface area contributed by atoms with E-state index in [-0.39, 0.29) is 18.5 Å². The summed E-state index contributed by atoms with van der Waals surface area (Å²) in [5.41, 5.74) is 0. The Morgan fingerprint density at radius 3 is 1.00 bits per heavy atom. The Kier molecular flexibility index (Phi) is 59.9. The number of ether oxygens (including phenoxy) is 1. The molecule has 6 nitrogen and oxygen atoms in total. The van der Waals surface area contributed by atoms with Gasteiger partial charge in [0.05, 0.1) is 25.4 Å². The fourth-order valence-electron chi connectivity index (χ4n) is 10.3. The van der Waals surface area contributed by atoms with Crippen LogP contribution in [0.25, 0.3) is 0 Å². The molecule has 0 aromatic heterocycles. The fraction of sp³-hybridized carbons (Fsp3) is 0.938. The number of carbonyl (C=O) groups is 2. The molecule has 0 aromatic carbocycles. The maximum Gasteiger partial charge on any atom is 0.305 e. The molecule has 0 bridgehead atoms. The molecule has 3 N–H and O–H groups in total. The molecule has 0 radical (unpaired) electrons. The molecule has 1 amide bonds. The summed E-state index contributed by atoms with van der Waals surface area (Å²) in [4.78, 5) is 24.6. The first-order chi connectivity index (χ1) is 35.0. The van der Waals surface area contributed by atoms with E-state index in [0.29, 0.717) is 25.9 Å². The van der Waals surface area contributed by atoms with Crippen LogP contribution in [0, 0.1) is 0 Å². The lowest BCUT2D eigenvalue weighted by Gasteiger charge is -2.22. The van der Waals surface area contributed by atoms with Crippen LogP contribution in [-0.2, 0) is 14.3 Å². The van der Waals surface area contributed by atoms with E-state index in [2.05, 4.69) is 31.3 Å². The van der Waals surface area contributed by atoms with Gasteiger partial charge in [0.2, 0.25) is 5.91 Å². The number of unbranched alkanes of at least 4 members (excludes halogenated alkanes) is 48. The predicted molar refractivity (Wildman–Crippen MR) is 310 cm³/mol. The Morgan fingerprint density at radius 1 is 0.380 bits per heavy atom. The second kappa shape index (κ2) is 61.1. The van der Waals surface area contributed by atoms with Gasteiger partial charge < -0.3 is 20.3 Å². The number of hydrogen-bond acceptors (Lipinski definition) is 5. The summed E-state index contributed by atoms with van der Waals surface area (Å²) < 4.78 is 5.48. The van der Waals surface area contributed by atoms with Crippen LogP contribution in [0.15, 0.2) is 12.2 Å². The molecule has 2 atom stereocenters. The van der Waals surface area contributed by atoms with Gasteiger partial charge in [-0.25, -0.2) is 0 Å². The summed E-state index contributed by atoms with van der Waals surface area (Å²) in [6, 6.07) is -0.548. The molecule has 0 aromatic rings. The lowest BCUT2D eigenvalue weighted by molar-refractivity contribution is -0.143. The van der Waals surface area contributed by atoms with Crippen LogP contribution < -0.4 is 5.32 Å². The van der Waals surface area contributed by atoms with Crippen molar-refractivity contribution in [3.05, 3.63) is 12.2 Å². The zero-order valence-corrected chi connectivity index (χ0v) is 48.2. The Hall–Kier alpha value is -1.40. The molecule has 71 heavy (non-hydrogen) atoms. The van der Waals surface area contributed by atoms with Gasteiger partial charge in [0.25, 0.3) is 0 Å². The molecule has 0 rings (SSSR count). The molecule has 0 spiro atoms. The number of allylic oxidation sites excluding steroid dienone is 2. The first-order valence-corrected chi connectivity index (χ1v) is 32.4. The van der Waals surface area contributed by atoms with Crippen LogP contribution in [0.1, 0.15) is 367 Å². The van der Waals surface area contributed by atoms with E-state index in [9.17, 15) is 19.8 Å². The highest BCUT2D eigenvalue weighted by Gasteiger charge is 2.20. The summed E-state index contributed by atoms with van der Waals surface area (Å²) in [6.45, 7) is 4.98. The molecule has 0 fully saturated rings.